The molecule has 2 N–H and O–H groups in total. The van der Waals surface area contributed by atoms with Gasteiger partial charge in [0.25, 0.3) is 0 Å². The Kier molecular flexibility index (Phi) is 5.47. The van der Waals surface area contributed by atoms with Crippen LogP contribution in [0, 0.1) is 0 Å². The van der Waals surface area contributed by atoms with E-state index < -0.39 is 0 Å². The first-order chi connectivity index (χ1) is 9.28. The average molecular weight is 341 g/mol. The quantitative estimate of drug-likeness (QED) is 0.649. The Balaban J connectivity index is 1.71. The maximum atomic E-state index is 4.21. The second-order valence-electron chi connectivity index (χ2n) is 4.03. The molecule has 0 unspecified atom stereocenters. The molecule has 0 saturated heterocycles. The summed E-state index contributed by atoms with van der Waals surface area (Å²) in [6.07, 6.45) is 4.11. The van der Waals surface area contributed by atoms with Crippen molar-refractivity contribution in [3.05, 3.63) is 45.3 Å². The van der Waals surface area contributed by atoms with Gasteiger partial charge in [0.15, 0.2) is 5.96 Å². The minimum absolute atomic E-state index is 0.783. The highest BCUT2D eigenvalue weighted by molar-refractivity contribution is 9.11. The van der Waals surface area contributed by atoms with Gasteiger partial charge in [0, 0.05) is 39.1 Å². The molecule has 4 nitrogen and oxygen atoms in total. The summed E-state index contributed by atoms with van der Waals surface area (Å²) in [4.78, 5) is 4.21. The van der Waals surface area contributed by atoms with Gasteiger partial charge in [0.1, 0.15) is 0 Å². The van der Waals surface area contributed by atoms with E-state index in [0.29, 0.717) is 0 Å². The van der Waals surface area contributed by atoms with E-state index in [0.717, 1.165) is 29.4 Å². The second-order valence-corrected chi connectivity index (χ2v) is 6.32. The number of aliphatic imine (C=N–C) groups is 1. The van der Waals surface area contributed by atoms with E-state index in [1.807, 2.05) is 12.1 Å². The van der Waals surface area contributed by atoms with Crippen LogP contribution in [-0.4, -0.2) is 24.1 Å². The molecule has 0 fully saturated rings. The number of hydrogen-bond acceptors (Lipinski definition) is 2. The fourth-order valence-corrected chi connectivity index (χ4v) is 2.88. The first-order valence-corrected chi connectivity index (χ1v) is 7.73. The summed E-state index contributed by atoms with van der Waals surface area (Å²) in [6.45, 7) is 2.56. The lowest BCUT2D eigenvalue weighted by Crippen LogP contribution is -2.38. The first kappa shape index (κ1) is 14.1. The van der Waals surface area contributed by atoms with Crippen LogP contribution < -0.4 is 10.6 Å². The van der Waals surface area contributed by atoms with Gasteiger partial charge in [-0.15, -0.1) is 11.3 Å². The van der Waals surface area contributed by atoms with Crippen LogP contribution in [0.3, 0.4) is 0 Å². The molecule has 0 saturated carbocycles. The molecule has 2 aromatic rings. The van der Waals surface area contributed by atoms with Crippen LogP contribution in [0.2, 0.25) is 0 Å². The SMILES string of the molecule is CN=C(NCCn1cccc1)NCc1csc(Br)c1. The zero-order valence-electron chi connectivity index (χ0n) is 10.8. The predicted octanol–water partition coefficient (Wildman–Crippen LogP) is 2.68. The highest BCUT2D eigenvalue weighted by Gasteiger charge is 2.00. The van der Waals surface area contributed by atoms with Gasteiger partial charge in [0.2, 0.25) is 0 Å². The molecule has 2 heterocycles. The summed E-state index contributed by atoms with van der Waals surface area (Å²) >= 11 is 5.16. The fraction of sp³-hybridized carbons (Fsp3) is 0.308. The van der Waals surface area contributed by atoms with E-state index in [9.17, 15) is 0 Å². The molecule has 2 aromatic heterocycles. The lowest BCUT2D eigenvalue weighted by atomic mass is 10.3. The number of aromatic nitrogens is 1. The molecular formula is C13H17BrN4S. The molecule has 0 radical (unpaired) electrons. The highest BCUT2D eigenvalue weighted by atomic mass is 79.9. The zero-order valence-corrected chi connectivity index (χ0v) is 13.2. The molecule has 6 heteroatoms. The van der Waals surface area contributed by atoms with Crippen molar-refractivity contribution in [3.63, 3.8) is 0 Å². The van der Waals surface area contributed by atoms with Crippen molar-refractivity contribution < 1.29 is 0 Å². The van der Waals surface area contributed by atoms with Gasteiger partial charge in [0.05, 0.1) is 3.79 Å². The Hall–Kier alpha value is -1.27. The first-order valence-electron chi connectivity index (χ1n) is 6.06. The Bertz CT molecular complexity index is 518. The van der Waals surface area contributed by atoms with Crippen molar-refractivity contribution in [2.24, 2.45) is 4.99 Å². The van der Waals surface area contributed by atoms with Gasteiger partial charge in [-0.3, -0.25) is 4.99 Å². The molecular weight excluding hydrogens is 324 g/mol. The minimum atomic E-state index is 0.783. The zero-order chi connectivity index (χ0) is 13.5. The summed E-state index contributed by atoms with van der Waals surface area (Å²) < 4.78 is 3.29. The largest absolute Gasteiger partial charge is 0.355 e. The highest BCUT2D eigenvalue weighted by Crippen LogP contribution is 2.20. The van der Waals surface area contributed by atoms with Crippen molar-refractivity contribution in [3.8, 4) is 0 Å². The Morgan fingerprint density at radius 2 is 2.16 bits per heavy atom. The average Bonchev–Trinajstić information content (AvgIpc) is 3.05. The topological polar surface area (TPSA) is 41.4 Å². The van der Waals surface area contributed by atoms with Crippen LogP contribution >= 0.6 is 27.3 Å². The van der Waals surface area contributed by atoms with Gasteiger partial charge in [-0.2, -0.15) is 0 Å². The Morgan fingerprint density at radius 3 is 2.79 bits per heavy atom. The van der Waals surface area contributed by atoms with Gasteiger partial charge >= 0.3 is 0 Å². The summed E-state index contributed by atoms with van der Waals surface area (Å²) in [5, 5.41) is 8.72. The summed E-state index contributed by atoms with van der Waals surface area (Å²) in [7, 11) is 1.79. The Labute approximate surface area is 125 Å². The molecule has 102 valence electrons. The standard InChI is InChI=1S/C13H17BrN4S/c1-15-13(16-4-7-18-5-2-3-6-18)17-9-11-8-12(14)19-10-11/h2-3,5-6,8,10H,4,7,9H2,1H3,(H2,15,16,17). The Morgan fingerprint density at radius 1 is 1.37 bits per heavy atom. The van der Waals surface area contributed by atoms with Crippen LogP contribution in [0.4, 0.5) is 0 Å². The maximum Gasteiger partial charge on any atom is 0.191 e. The van der Waals surface area contributed by atoms with Crippen molar-refractivity contribution >= 4 is 33.2 Å². The van der Waals surface area contributed by atoms with E-state index in [1.165, 1.54) is 5.56 Å². The summed E-state index contributed by atoms with van der Waals surface area (Å²) in [5.41, 5.74) is 1.25. The number of thiophene rings is 1. The molecule has 0 aliphatic heterocycles. The molecule has 0 spiro atoms. The van der Waals surface area contributed by atoms with E-state index in [2.05, 4.69) is 60.0 Å². The molecule has 0 aromatic carbocycles. The minimum Gasteiger partial charge on any atom is -0.355 e. The lowest BCUT2D eigenvalue weighted by molar-refractivity contribution is 0.665. The van der Waals surface area contributed by atoms with Gasteiger partial charge in [-0.05, 0) is 45.1 Å². The fourth-order valence-electron chi connectivity index (χ4n) is 1.67. The molecule has 19 heavy (non-hydrogen) atoms. The van der Waals surface area contributed by atoms with Gasteiger partial charge in [-0.25, -0.2) is 0 Å². The number of rotatable bonds is 5. The van der Waals surface area contributed by atoms with E-state index >= 15 is 0 Å². The molecule has 0 amide bonds. The molecule has 0 aliphatic rings. The van der Waals surface area contributed by atoms with Crippen molar-refractivity contribution in [1.29, 1.82) is 0 Å². The number of halogens is 1. The summed E-state index contributed by atoms with van der Waals surface area (Å²) in [5.74, 6) is 0.828. The van der Waals surface area contributed by atoms with Crippen LogP contribution in [0.5, 0.6) is 0 Å². The third-order valence-corrected chi connectivity index (χ3v) is 4.19. The van der Waals surface area contributed by atoms with E-state index in [-0.39, 0.29) is 0 Å². The van der Waals surface area contributed by atoms with Crippen LogP contribution in [-0.2, 0) is 13.1 Å². The van der Waals surface area contributed by atoms with Crippen LogP contribution in [0.1, 0.15) is 5.56 Å². The normalized spacial score (nSPS) is 11.6. The van der Waals surface area contributed by atoms with Gasteiger partial charge < -0.3 is 15.2 Å². The molecule has 2 rings (SSSR count). The van der Waals surface area contributed by atoms with E-state index in [1.54, 1.807) is 18.4 Å². The third kappa shape index (κ3) is 4.72. The van der Waals surface area contributed by atoms with Crippen LogP contribution in [0.25, 0.3) is 0 Å². The van der Waals surface area contributed by atoms with Crippen molar-refractivity contribution in [2.45, 2.75) is 13.1 Å². The smallest absolute Gasteiger partial charge is 0.191 e. The molecule has 0 aliphatic carbocycles. The van der Waals surface area contributed by atoms with Crippen LogP contribution in [0.15, 0.2) is 44.8 Å². The number of hydrogen-bond donors (Lipinski definition) is 2. The van der Waals surface area contributed by atoms with Gasteiger partial charge in [-0.1, -0.05) is 0 Å². The van der Waals surface area contributed by atoms with Crippen molar-refractivity contribution in [2.75, 3.05) is 13.6 Å². The van der Waals surface area contributed by atoms with Crippen molar-refractivity contribution in [1.82, 2.24) is 15.2 Å². The monoisotopic (exact) mass is 340 g/mol. The lowest BCUT2D eigenvalue weighted by Gasteiger charge is -2.11. The maximum absolute atomic E-state index is 4.21. The summed E-state index contributed by atoms with van der Waals surface area (Å²) in [6, 6.07) is 6.17. The number of nitrogens with one attached hydrogen (secondary N) is 2. The third-order valence-electron chi connectivity index (χ3n) is 2.63. The number of guanidine groups is 1. The molecule has 0 atom stereocenters. The number of nitrogens with zero attached hydrogens (tertiary/aromatic N) is 2. The molecule has 0 bridgehead atoms. The van der Waals surface area contributed by atoms with E-state index in [4.69, 9.17) is 0 Å². The predicted molar refractivity (Wildman–Crippen MR) is 84.7 cm³/mol. The second kappa shape index (κ2) is 7.35.